The summed E-state index contributed by atoms with van der Waals surface area (Å²) in [5.41, 5.74) is 11.0. The van der Waals surface area contributed by atoms with Gasteiger partial charge in [0.2, 0.25) is 0 Å². The summed E-state index contributed by atoms with van der Waals surface area (Å²) in [5.74, 6) is 1.15. The van der Waals surface area contributed by atoms with E-state index in [1.807, 2.05) is 6.07 Å². The van der Waals surface area contributed by atoms with Crippen LogP contribution in [0.1, 0.15) is 29.4 Å². The molecule has 2 aromatic rings. The molecule has 2 atom stereocenters. The molecule has 2 aliphatic carbocycles. The Balaban J connectivity index is 2.25. The van der Waals surface area contributed by atoms with Gasteiger partial charge < -0.3 is 10.7 Å². The van der Waals surface area contributed by atoms with Crippen molar-refractivity contribution in [1.29, 1.82) is 0 Å². The summed E-state index contributed by atoms with van der Waals surface area (Å²) in [5, 5.41) is 1.38. The zero-order valence-corrected chi connectivity index (χ0v) is 8.33. The molecule has 0 amide bonds. The second-order valence-electron chi connectivity index (χ2n) is 4.57. The third-order valence-corrected chi connectivity index (χ3v) is 3.80. The van der Waals surface area contributed by atoms with Gasteiger partial charge in [-0.15, -0.1) is 0 Å². The lowest BCUT2D eigenvalue weighted by molar-refractivity contribution is 0.714. The molecule has 15 heavy (non-hydrogen) atoms. The maximum absolute atomic E-state index is 6.10. The van der Waals surface area contributed by atoms with Gasteiger partial charge in [0, 0.05) is 34.6 Å². The minimum atomic E-state index is 0.544. The Bertz CT molecular complexity index is 592. The van der Waals surface area contributed by atoms with Crippen LogP contribution in [0.15, 0.2) is 30.5 Å². The van der Waals surface area contributed by atoms with Gasteiger partial charge in [-0.2, -0.15) is 0 Å². The zero-order valence-electron chi connectivity index (χ0n) is 8.33. The van der Waals surface area contributed by atoms with Crippen molar-refractivity contribution < 1.29 is 0 Å². The minimum absolute atomic E-state index is 0.544. The monoisotopic (exact) mass is 196 g/mol. The lowest BCUT2D eigenvalue weighted by Crippen LogP contribution is -2.06. The predicted molar refractivity (Wildman–Crippen MR) is 62.0 cm³/mol. The van der Waals surface area contributed by atoms with Crippen molar-refractivity contribution in [3.8, 4) is 0 Å². The molecule has 3 N–H and O–H groups in total. The molecular formula is C13H12N2. The molecular weight excluding hydrogens is 184 g/mol. The summed E-state index contributed by atoms with van der Waals surface area (Å²) < 4.78 is 0. The van der Waals surface area contributed by atoms with Gasteiger partial charge in [0.1, 0.15) is 0 Å². The highest BCUT2D eigenvalue weighted by molar-refractivity contribution is 5.93. The summed E-state index contributed by atoms with van der Waals surface area (Å²) in [4.78, 5) is 3.34. The van der Waals surface area contributed by atoms with Gasteiger partial charge in [0.05, 0.1) is 0 Å². The van der Waals surface area contributed by atoms with E-state index in [1.165, 1.54) is 28.5 Å². The standard InChI is InChI=1S/C13H12N2/c14-10-3-4-11-13-9(6-15-11)7-1-2-8(5-7)12(10)13/h1-4,6-8,15H,5,14H2. The van der Waals surface area contributed by atoms with E-state index in [4.69, 9.17) is 5.73 Å². The zero-order chi connectivity index (χ0) is 9.99. The van der Waals surface area contributed by atoms with E-state index >= 15 is 0 Å². The molecule has 4 rings (SSSR count). The predicted octanol–water partition coefficient (Wildman–Crippen LogP) is 2.89. The Morgan fingerprint density at radius 2 is 2.07 bits per heavy atom. The number of allylic oxidation sites excluding steroid dienone is 2. The van der Waals surface area contributed by atoms with Crippen LogP contribution in [0.3, 0.4) is 0 Å². The van der Waals surface area contributed by atoms with Crippen LogP contribution < -0.4 is 5.73 Å². The van der Waals surface area contributed by atoms with Gasteiger partial charge in [0.15, 0.2) is 0 Å². The molecule has 0 radical (unpaired) electrons. The Kier molecular flexibility index (Phi) is 1.15. The minimum Gasteiger partial charge on any atom is -0.398 e. The van der Waals surface area contributed by atoms with Crippen LogP contribution >= 0.6 is 0 Å². The molecule has 1 aromatic heterocycles. The van der Waals surface area contributed by atoms with Gasteiger partial charge in [-0.1, -0.05) is 12.2 Å². The summed E-state index contributed by atoms with van der Waals surface area (Å²) in [7, 11) is 0. The van der Waals surface area contributed by atoms with Crippen LogP contribution in [0, 0.1) is 0 Å². The number of nitrogens with two attached hydrogens (primary N) is 1. The van der Waals surface area contributed by atoms with Crippen LogP contribution in [-0.2, 0) is 0 Å². The maximum Gasteiger partial charge on any atom is 0.0461 e. The van der Waals surface area contributed by atoms with Gasteiger partial charge in [-0.05, 0) is 29.7 Å². The van der Waals surface area contributed by atoms with Crippen LogP contribution in [0.4, 0.5) is 5.69 Å². The number of hydrogen-bond donors (Lipinski definition) is 2. The SMILES string of the molecule is Nc1ccc2[nH]cc3c2c1C1C=CC3C1. The third kappa shape index (κ3) is 0.765. The van der Waals surface area contributed by atoms with Gasteiger partial charge >= 0.3 is 0 Å². The number of aromatic amines is 1. The third-order valence-electron chi connectivity index (χ3n) is 3.80. The fraction of sp³-hybridized carbons (Fsp3) is 0.231. The van der Waals surface area contributed by atoms with Gasteiger partial charge in [0.25, 0.3) is 0 Å². The molecule has 1 aromatic carbocycles. The Hall–Kier alpha value is -1.70. The summed E-state index contributed by atoms with van der Waals surface area (Å²) in [6.45, 7) is 0. The van der Waals surface area contributed by atoms with E-state index in [9.17, 15) is 0 Å². The van der Waals surface area contributed by atoms with Crippen LogP contribution in [0.2, 0.25) is 0 Å². The first-order valence-electron chi connectivity index (χ1n) is 5.42. The lowest BCUT2D eigenvalue weighted by Gasteiger charge is -2.21. The Morgan fingerprint density at radius 3 is 3.00 bits per heavy atom. The number of aromatic nitrogens is 1. The highest BCUT2D eigenvalue weighted by Gasteiger charge is 2.32. The molecule has 0 aliphatic heterocycles. The second-order valence-corrected chi connectivity index (χ2v) is 4.57. The number of nitrogens with one attached hydrogen (secondary N) is 1. The first-order valence-corrected chi connectivity index (χ1v) is 5.42. The van der Waals surface area contributed by atoms with Gasteiger partial charge in [-0.3, -0.25) is 0 Å². The molecule has 1 heterocycles. The molecule has 0 fully saturated rings. The van der Waals surface area contributed by atoms with Crippen LogP contribution in [0.25, 0.3) is 10.9 Å². The fourth-order valence-electron chi connectivity index (χ4n) is 3.13. The quantitative estimate of drug-likeness (QED) is 0.493. The Morgan fingerprint density at radius 1 is 1.20 bits per heavy atom. The first-order chi connectivity index (χ1) is 7.34. The van der Waals surface area contributed by atoms with Crippen molar-refractivity contribution in [2.24, 2.45) is 0 Å². The highest BCUT2D eigenvalue weighted by Crippen LogP contribution is 2.50. The van der Waals surface area contributed by atoms with Gasteiger partial charge in [-0.25, -0.2) is 0 Å². The number of nitrogen functional groups attached to an aromatic ring is 1. The van der Waals surface area contributed by atoms with Crippen LogP contribution in [-0.4, -0.2) is 4.98 Å². The molecule has 0 saturated heterocycles. The summed E-state index contributed by atoms with van der Waals surface area (Å²) in [6, 6.07) is 4.10. The summed E-state index contributed by atoms with van der Waals surface area (Å²) in [6.07, 6.45) is 7.99. The number of rotatable bonds is 0. The number of fused-ring (bicyclic) bond motifs is 4. The van der Waals surface area contributed by atoms with Crippen LogP contribution in [0.5, 0.6) is 0 Å². The lowest BCUT2D eigenvalue weighted by atomic mass is 9.82. The average Bonchev–Trinajstić information content (AvgIpc) is 2.81. The highest BCUT2D eigenvalue weighted by atomic mass is 14.7. The van der Waals surface area contributed by atoms with Crippen molar-refractivity contribution in [3.05, 3.63) is 41.6 Å². The molecule has 0 saturated carbocycles. The molecule has 2 bridgehead atoms. The number of H-pyrrole nitrogens is 1. The molecule has 0 spiro atoms. The van der Waals surface area contributed by atoms with Crippen molar-refractivity contribution >= 4 is 16.6 Å². The van der Waals surface area contributed by atoms with Crippen molar-refractivity contribution in [2.75, 3.05) is 5.73 Å². The topological polar surface area (TPSA) is 41.8 Å². The molecule has 2 nitrogen and oxygen atoms in total. The normalized spacial score (nSPS) is 26.4. The van der Waals surface area contributed by atoms with Crippen molar-refractivity contribution in [1.82, 2.24) is 4.98 Å². The average molecular weight is 196 g/mol. The van der Waals surface area contributed by atoms with E-state index in [-0.39, 0.29) is 0 Å². The van der Waals surface area contributed by atoms with E-state index in [2.05, 4.69) is 29.4 Å². The number of hydrogen-bond acceptors (Lipinski definition) is 1. The van der Waals surface area contributed by atoms with E-state index in [0.29, 0.717) is 11.8 Å². The Labute approximate surface area is 87.8 Å². The maximum atomic E-state index is 6.10. The van der Waals surface area contributed by atoms with E-state index < -0.39 is 0 Å². The smallest absolute Gasteiger partial charge is 0.0461 e. The fourth-order valence-corrected chi connectivity index (χ4v) is 3.13. The molecule has 2 heteroatoms. The molecule has 74 valence electrons. The largest absolute Gasteiger partial charge is 0.398 e. The van der Waals surface area contributed by atoms with Crippen molar-refractivity contribution in [3.63, 3.8) is 0 Å². The first kappa shape index (κ1) is 7.57. The van der Waals surface area contributed by atoms with E-state index in [1.54, 1.807) is 0 Å². The molecule has 2 aliphatic rings. The second kappa shape index (κ2) is 2.27. The van der Waals surface area contributed by atoms with Crippen molar-refractivity contribution in [2.45, 2.75) is 18.3 Å². The number of anilines is 1. The van der Waals surface area contributed by atoms with E-state index in [0.717, 1.165) is 5.69 Å². The number of benzene rings is 1. The summed E-state index contributed by atoms with van der Waals surface area (Å²) >= 11 is 0. The molecule has 2 unspecified atom stereocenters.